The van der Waals surface area contributed by atoms with Gasteiger partial charge in [0.15, 0.2) is 0 Å². The second-order valence-corrected chi connectivity index (χ2v) is 6.22. The third kappa shape index (κ3) is 3.12. The van der Waals surface area contributed by atoms with E-state index in [-0.39, 0.29) is 17.2 Å². The number of hydrogen-bond acceptors (Lipinski definition) is 4. The summed E-state index contributed by atoms with van der Waals surface area (Å²) in [5.41, 5.74) is -0.123. The van der Waals surface area contributed by atoms with Gasteiger partial charge in [-0.05, 0) is 37.4 Å². The van der Waals surface area contributed by atoms with Gasteiger partial charge in [-0.25, -0.2) is 4.79 Å². The molecule has 1 amide bonds. The minimum absolute atomic E-state index is 0.0537. The molecule has 0 spiro atoms. The molecule has 0 unspecified atom stereocenters. The van der Waals surface area contributed by atoms with Crippen LogP contribution in [-0.2, 0) is 10.2 Å². The first-order valence-corrected chi connectivity index (χ1v) is 7.51. The maximum atomic E-state index is 12.5. The molecule has 0 bridgehead atoms. The van der Waals surface area contributed by atoms with Gasteiger partial charge in [-0.1, -0.05) is 6.07 Å². The van der Waals surface area contributed by atoms with Crippen molar-refractivity contribution in [1.82, 2.24) is 0 Å². The number of carbonyl (C=O) groups excluding carboxylic acids is 1. The van der Waals surface area contributed by atoms with E-state index >= 15 is 0 Å². The van der Waals surface area contributed by atoms with Gasteiger partial charge in [-0.2, -0.15) is 0 Å². The largest absolute Gasteiger partial charge is 0.496 e. The van der Waals surface area contributed by atoms with E-state index in [2.05, 4.69) is 5.32 Å². The van der Waals surface area contributed by atoms with Gasteiger partial charge in [0.25, 0.3) is 0 Å². The highest BCUT2D eigenvalue weighted by Crippen LogP contribution is 2.30. The van der Waals surface area contributed by atoms with Gasteiger partial charge in [0.1, 0.15) is 11.3 Å². The van der Waals surface area contributed by atoms with Gasteiger partial charge in [-0.15, -0.1) is 11.3 Å². The molecule has 1 aromatic carbocycles. The number of thiophene rings is 1. The number of ether oxygens (including phenoxy) is 1. The highest BCUT2D eigenvalue weighted by Gasteiger charge is 2.31. The monoisotopic (exact) mass is 319 g/mol. The smallest absolute Gasteiger partial charge is 0.339 e. The van der Waals surface area contributed by atoms with Crippen LogP contribution in [0.3, 0.4) is 0 Å². The lowest BCUT2D eigenvalue weighted by Gasteiger charge is -2.22. The first-order valence-electron chi connectivity index (χ1n) is 6.63. The van der Waals surface area contributed by atoms with Gasteiger partial charge < -0.3 is 15.2 Å². The molecule has 0 saturated carbocycles. The Bertz CT molecular complexity index is 692. The van der Waals surface area contributed by atoms with Gasteiger partial charge in [-0.3, -0.25) is 4.79 Å². The molecule has 0 fully saturated rings. The first-order chi connectivity index (χ1) is 10.4. The summed E-state index contributed by atoms with van der Waals surface area (Å²) in [6.45, 7) is 3.69. The van der Waals surface area contributed by atoms with Crippen molar-refractivity contribution in [2.24, 2.45) is 0 Å². The van der Waals surface area contributed by atoms with Crippen LogP contribution in [0, 0.1) is 0 Å². The number of benzene rings is 1. The standard InChI is InChI=1S/C16H17NO4S/c1-16(2,13-5-4-8-22-13)15(20)17-10-6-7-11(14(18)19)12(9-10)21-3/h4-9H,1-3H3,(H,17,20)(H,18,19). The molecular weight excluding hydrogens is 302 g/mol. The Morgan fingerprint density at radius 3 is 2.55 bits per heavy atom. The van der Waals surface area contributed by atoms with Crippen LogP contribution in [-0.4, -0.2) is 24.1 Å². The molecule has 0 aliphatic heterocycles. The van der Waals surface area contributed by atoms with Gasteiger partial charge in [0.2, 0.25) is 5.91 Å². The number of anilines is 1. The molecule has 116 valence electrons. The lowest BCUT2D eigenvalue weighted by molar-refractivity contribution is -0.120. The van der Waals surface area contributed by atoms with E-state index in [1.54, 1.807) is 6.07 Å². The number of carboxylic acid groups (broad SMARTS) is 1. The van der Waals surface area contributed by atoms with Crippen molar-refractivity contribution in [3.63, 3.8) is 0 Å². The van der Waals surface area contributed by atoms with Crippen molar-refractivity contribution in [3.8, 4) is 5.75 Å². The molecule has 2 rings (SSSR count). The summed E-state index contributed by atoms with van der Waals surface area (Å²) >= 11 is 1.52. The van der Waals surface area contributed by atoms with Crippen LogP contribution in [0.5, 0.6) is 5.75 Å². The van der Waals surface area contributed by atoms with Crippen molar-refractivity contribution >= 4 is 28.9 Å². The third-order valence-electron chi connectivity index (χ3n) is 3.39. The molecule has 5 nitrogen and oxygen atoms in total. The van der Waals surface area contributed by atoms with Crippen LogP contribution < -0.4 is 10.1 Å². The predicted octanol–water partition coefficient (Wildman–Crippen LogP) is 3.37. The van der Waals surface area contributed by atoms with E-state index in [1.165, 1.54) is 30.6 Å². The van der Waals surface area contributed by atoms with Gasteiger partial charge in [0.05, 0.1) is 12.5 Å². The normalized spacial score (nSPS) is 11.0. The average Bonchev–Trinajstić information content (AvgIpc) is 3.01. The van der Waals surface area contributed by atoms with Crippen LogP contribution in [0.1, 0.15) is 29.1 Å². The third-order valence-corrected chi connectivity index (χ3v) is 4.59. The van der Waals surface area contributed by atoms with E-state index in [0.717, 1.165) is 4.88 Å². The number of nitrogens with one attached hydrogen (secondary N) is 1. The molecule has 0 saturated heterocycles. The number of carbonyl (C=O) groups is 2. The molecule has 1 aromatic heterocycles. The highest BCUT2D eigenvalue weighted by atomic mass is 32.1. The van der Waals surface area contributed by atoms with Crippen molar-refractivity contribution in [1.29, 1.82) is 0 Å². The molecule has 2 N–H and O–H groups in total. The number of carboxylic acids is 1. The van der Waals surface area contributed by atoms with Crippen LogP contribution in [0.4, 0.5) is 5.69 Å². The highest BCUT2D eigenvalue weighted by molar-refractivity contribution is 7.10. The average molecular weight is 319 g/mol. The maximum Gasteiger partial charge on any atom is 0.339 e. The lowest BCUT2D eigenvalue weighted by atomic mass is 9.90. The Morgan fingerprint density at radius 2 is 2.00 bits per heavy atom. The van der Waals surface area contributed by atoms with Crippen molar-refractivity contribution in [2.75, 3.05) is 12.4 Å². The second-order valence-electron chi connectivity index (χ2n) is 5.28. The maximum absolute atomic E-state index is 12.5. The van der Waals surface area contributed by atoms with Gasteiger partial charge in [0, 0.05) is 16.6 Å². The van der Waals surface area contributed by atoms with Crippen molar-refractivity contribution in [2.45, 2.75) is 19.3 Å². The number of amides is 1. The Balaban J connectivity index is 2.24. The minimum atomic E-state index is -1.08. The summed E-state index contributed by atoms with van der Waals surface area (Å²) in [7, 11) is 1.39. The number of rotatable bonds is 5. The van der Waals surface area contributed by atoms with Crippen molar-refractivity contribution < 1.29 is 19.4 Å². The number of aromatic carboxylic acids is 1. The van der Waals surface area contributed by atoms with Crippen LogP contribution in [0.25, 0.3) is 0 Å². The van der Waals surface area contributed by atoms with E-state index in [9.17, 15) is 9.59 Å². The Kier molecular flexibility index (Phi) is 4.51. The molecular formula is C16H17NO4S. The summed E-state index contributed by atoms with van der Waals surface area (Å²) in [5.74, 6) is -1.03. The zero-order chi connectivity index (χ0) is 16.3. The zero-order valence-corrected chi connectivity index (χ0v) is 13.4. The van der Waals surface area contributed by atoms with Crippen LogP contribution in [0.15, 0.2) is 35.7 Å². The summed E-state index contributed by atoms with van der Waals surface area (Å²) in [5, 5.41) is 13.8. The Morgan fingerprint density at radius 1 is 1.27 bits per heavy atom. The van der Waals surface area contributed by atoms with Crippen molar-refractivity contribution in [3.05, 3.63) is 46.2 Å². The van der Waals surface area contributed by atoms with Crippen LogP contribution in [0.2, 0.25) is 0 Å². The second kappa shape index (κ2) is 6.19. The zero-order valence-electron chi connectivity index (χ0n) is 12.5. The molecule has 0 aliphatic rings. The van der Waals surface area contributed by atoms with Crippen LogP contribution >= 0.6 is 11.3 Å². The molecule has 1 heterocycles. The van der Waals surface area contributed by atoms with E-state index in [0.29, 0.717) is 5.69 Å². The fourth-order valence-corrected chi connectivity index (χ4v) is 2.83. The SMILES string of the molecule is COc1cc(NC(=O)C(C)(C)c2cccs2)ccc1C(=O)O. The summed E-state index contributed by atoms with van der Waals surface area (Å²) < 4.78 is 5.06. The molecule has 6 heteroatoms. The summed E-state index contributed by atoms with van der Waals surface area (Å²) in [4.78, 5) is 24.5. The molecule has 2 aromatic rings. The summed E-state index contributed by atoms with van der Waals surface area (Å²) in [6, 6.07) is 8.28. The van der Waals surface area contributed by atoms with E-state index < -0.39 is 11.4 Å². The topological polar surface area (TPSA) is 75.6 Å². The van der Waals surface area contributed by atoms with Gasteiger partial charge >= 0.3 is 5.97 Å². The first kappa shape index (κ1) is 16.0. The Labute approximate surface area is 132 Å². The fraction of sp³-hybridized carbons (Fsp3) is 0.250. The van der Waals surface area contributed by atoms with E-state index in [1.807, 2.05) is 31.4 Å². The predicted molar refractivity (Wildman–Crippen MR) is 85.9 cm³/mol. The lowest BCUT2D eigenvalue weighted by Crippen LogP contribution is -2.33. The number of hydrogen-bond donors (Lipinski definition) is 2. The minimum Gasteiger partial charge on any atom is -0.496 e. The summed E-state index contributed by atoms with van der Waals surface area (Å²) in [6.07, 6.45) is 0. The fourth-order valence-electron chi connectivity index (χ4n) is 1.98. The Hall–Kier alpha value is -2.34. The molecule has 0 atom stereocenters. The van der Waals surface area contributed by atoms with E-state index in [4.69, 9.17) is 9.84 Å². The quantitative estimate of drug-likeness (QED) is 0.886. The molecule has 0 radical (unpaired) electrons. The molecule has 0 aliphatic carbocycles. The number of methoxy groups -OCH3 is 1. The molecule has 22 heavy (non-hydrogen) atoms.